The highest BCUT2D eigenvalue weighted by Gasteiger charge is 2.44. The molecule has 446 valence electrons. The van der Waals surface area contributed by atoms with Crippen molar-refractivity contribution in [2.24, 2.45) is 0 Å². The fourth-order valence-corrected chi connectivity index (χ4v) is 11.1. The van der Waals surface area contributed by atoms with Crippen LogP contribution in [0.4, 0.5) is 0 Å². The third-order valence-electron chi connectivity index (χ3n) is 16.4. The summed E-state index contributed by atoms with van der Waals surface area (Å²) in [6.45, 7) is 3.84. The summed E-state index contributed by atoms with van der Waals surface area (Å²) in [4.78, 5) is 13.1. The lowest BCUT2D eigenvalue weighted by Gasteiger charge is -2.40. The van der Waals surface area contributed by atoms with Crippen molar-refractivity contribution < 1.29 is 39.8 Å². The Morgan fingerprint density at radius 2 is 0.733 bits per heavy atom. The molecule has 9 heteroatoms. The van der Waals surface area contributed by atoms with Crippen molar-refractivity contribution in [3.8, 4) is 0 Å². The molecule has 0 saturated carbocycles. The molecule has 1 saturated heterocycles. The second-order valence-corrected chi connectivity index (χ2v) is 23.6. The molecule has 0 aromatic heterocycles. The standard InChI is InChI=1S/C66H129NO8/c1-3-5-7-9-11-13-15-17-19-21-23-25-27-29-31-33-35-37-39-41-43-45-47-49-51-53-55-60(69)59(58-74-66-65(73)64(72)63(71)61(57-68)75-66)67-62(70)56-54-52-50-48-46-44-42-40-38-36-34-32-30-28-26-24-22-20-18-16-14-12-10-8-6-4-2/h53,55,59-61,63-66,68-69,71-73H,3-52,54,56-58H2,1-2H3,(H,67,70)/b55-53+. The normalized spacial score (nSPS) is 18.8. The second-order valence-electron chi connectivity index (χ2n) is 23.6. The number of aliphatic hydroxyl groups excluding tert-OH is 5. The summed E-state index contributed by atoms with van der Waals surface area (Å²) < 4.78 is 11.3. The first-order chi connectivity index (χ1) is 36.8. The van der Waals surface area contributed by atoms with Gasteiger partial charge in [-0.2, -0.15) is 0 Å². The number of rotatable bonds is 59. The average molecular weight is 1060 g/mol. The van der Waals surface area contributed by atoms with Crippen molar-refractivity contribution in [1.29, 1.82) is 0 Å². The van der Waals surface area contributed by atoms with Crippen LogP contribution in [0.5, 0.6) is 0 Å². The van der Waals surface area contributed by atoms with E-state index in [0.717, 1.165) is 38.5 Å². The van der Waals surface area contributed by atoms with Crippen LogP contribution in [0.1, 0.15) is 348 Å². The molecule has 6 N–H and O–H groups in total. The van der Waals surface area contributed by atoms with E-state index in [2.05, 4.69) is 19.2 Å². The number of carbonyl (C=O) groups excluding carboxylic acids is 1. The Kier molecular flexibility index (Phi) is 53.9. The van der Waals surface area contributed by atoms with E-state index in [-0.39, 0.29) is 12.5 Å². The van der Waals surface area contributed by atoms with Gasteiger partial charge in [-0.15, -0.1) is 0 Å². The Morgan fingerprint density at radius 1 is 0.440 bits per heavy atom. The maximum Gasteiger partial charge on any atom is 0.220 e. The molecule has 1 aliphatic rings. The molecule has 0 spiro atoms. The number of nitrogens with one attached hydrogen (secondary N) is 1. The summed E-state index contributed by atoms with van der Waals surface area (Å²) in [5.41, 5.74) is 0. The number of hydrogen-bond donors (Lipinski definition) is 6. The molecule has 1 rings (SSSR count). The topological polar surface area (TPSA) is 149 Å². The predicted molar refractivity (Wildman–Crippen MR) is 318 cm³/mol. The van der Waals surface area contributed by atoms with E-state index in [0.29, 0.717) is 6.42 Å². The van der Waals surface area contributed by atoms with Crippen molar-refractivity contribution >= 4 is 5.91 Å². The van der Waals surface area contributed by atoms with Crippen LogP contribution >= 0.6 is 0 Å². The Morgan fingerprint density at radius 3 is 1.04 bits per heavy atom. The van der Waals surface area contributed by atoms with E-state index in [4.69, 9.17) is 9.47 Å². The van der Waals surface area contributed by atoms with Gasteiger partial charge in [0.25, 0.3) is 0 Å². The van der Waals surface area contributed by atoms with Crippen molar-refractivity contribution in [2.45, 2.75) is 391 Å². The van der Waals surface area contributed by atoms with Crippen LogP contribution in [0, 0.1) is 0 Å². The first-order valence-corrected chi connectivity index (χ1v) is 33.4. The van der Waals surface area contributed by atoms with Gasteiger partial charge in [-0.05, 0) is 19.3 Å². The van der Waals surface area contributed by atoms with Gasteiger partial charge in [-0.1, -0.05) is 334 Å². The smallest absolute Gasteiger partial charge is 0.220 e. The zero-order chi connectivity index (χ0) is 54.3. The van der Waals surface area contributed by atoms with Gasteiger partial charge >= 0.3 is 0 Å². The summed E-state index contributed by atoms with van der Waals surface area (Å²) in [7, 11) is 0. The highest BCUT2D eigenvalue weighted by atomic mass is 16.7. The molecule has 1 heterocycles. The van der Waals surface area contributed by atoms with Crippen molar-refractivity contribution in [2.75, 3.05) is 13.2 Å². The summed E-state index contributed by atoms with van der Waals surface area (Å²) in [5, 5.41) is 54.7. The predicted octanol–water partition coefficient (Wildman–Crippen LogP) is 17.5. The van der Waals surface area contributed by atoms with E-state index >= 15 is 0 Å². The molecule has 0 aliphatic carbocycles. The summed E-state index contributed by atoms with van der Waals surface area (Å²) in [5.74, 6) is -0.167. The number of carbonyl (C=O) groups is 1. The maximum atomic E-state index is 13.1. The van der Waals surface area contributed by atoms with Crippen LogP contribution < -0.4 is 5.32 Å². The Bertz CT molecular complexity index is 1190. The number of unbranched alkanes of at least 4 members (excludes halogenated alkanes) is 49. The number of ether oxygens (including phenoxy) is 2. The quantitative estimate of drug-likeness (QED) is 0.0261. The van der Waals surface area contributed by atoms with E-state index in [9.17, 15) is 30.3 Å². The number of allylic oxidation sites excluding steroid dienone is 1. The Labute approximate surface area is 465 Å². The highest BCUT2D eigenvalue weighted by Crippen LogP contribution is 2.23. The minimum Gasteiger partial charge on any atom is -0.394 e. The number of hydrogen-bond acceptors (Lipinski definition) is 8. The lowest BCUT2D eigenvalue weighted by Crippen LogP contribution is -2.60. The van der Waals surface area contributed by atoms with Gasteiger partial charge < -0.3 is 40.3 Å². The Balaban J connectivity index is 2.15. The second kappa shape index (κ2) is 56.2. The minimum absolute atomic E-state index is 0.167. The molecule has 0 aromatic carbocycles. The molecule has 75 heavy (non-hydrogen) atoms. The molecule has 7 atom stereocenters. The SMILES string of the molecule is CCCCCCCCCCCCCCCCCCCCCCCCCC/C=C/C(O)C(COC1OC(CO)C(O)C(O)C1O)NC(=O)CCCCCCCCCCCCCCCCCCCCCCCCCCCC. The lowest BCUT2D eigenvalue weighted by molar-refractivity contribution is -0.302. The fourth-order valence-electron chi connectivity index (χ4n) is 11.1. The first-order valence-electron chi connectivity index (χ1n) is 33.4. The summed E-state index contributed by atoms with van der Waals surface area (Å²) >= 11 is 0. The summed E-state index contributed by atoms with van der Waals surface area (Å²) in [6.07, 6.45) is 64.5. The van der Waals surface area contributed by atoms with Gasteiger partial charge in [0.1, 0.15) is 24.4 Å². The van der Waals surface area contributed by atoms with Crippen LogP contribution in [0.3, 0.4) is 0 Å². The Hall–Kier alpha value is -1.07. The molecule has 9 nitrogen and oxygen atoms in total. The molecule has 0 radical (unpaired) electrons. The molecule has 1 amide bonds. The van der Waals surface area contributed by atoms with Crippen molar-refractivity contribution in [3.63, 3.8) is 0 Å². The van der Waals surface area contributed by atoms with Crippen molar-refractivity contribution in [3.05, 3.63) is 12.2 Å². The van der Waals surface area contributed by atoms with Crippen LogP contribution in [0.2, 0.25) is 0 Å². The summed E-state index contributed by atoms with van der Waals surface area (Å²) in [6, 6.07) is -0.801. The number of aliphatic hydroxyl groups is 5. The number of amides is 1. The van der Waals surface area contributed by atoms with Gasteiger partial charge in [0.2, 0.25) is 5.91 Å². The molecule has 1 aliphatic heterocycles. The third-order valence-corrected chi connectivity index (χ3v) is 16.4. The maximum absolute atomic E-state index is 13.1. The van der Waals surface area contributed by atoms with E-state index < -0.39 is 49.5 Å². The molecular formula is C66H129NO8. The van der Waals surface area contributed by atoms with Gasteiger partial charge in [-0.3, -0.25) is 4.79 Å². The lowest BCUT2D eigenvalue weighted by atomic mass is 9.99. The zero-order valence-electron chi connectivity index (χ0n) is 49.8. The van der Waals surface area contributed by atoms with Gasteiger partial charge in [0.05, 0.1) is 25.4 Å². The van der Waals surface area contributed by atoms with E-state index in [1.54, 1.807) is 6.08 Å². The zero-order valence-corrected chi connectivity index (χ0v) is 49.8. The van der Waals surface area contributed by atoms with E-state index in [1.165, 1.54) is 289 Å². The van der Waals surface area contributed by atoms with Crippen LogP contribution in [0.25, 0.3) is 0 Å². The van der Waals surface area contributed by atoms with Crippen LogP contribution in [-0.2, 0) is 14.3 Å². The third kappa shape index (κ3) is 45.4. The van der Waals surface area contributed by atoms with Gasteiger partial charge in [0, 0.05) is 6.42 Å². The van der Waals surface area contributed by atoms with Crippen LogP contribution in [0.15, 0.2) is 12.2 Å². The average Bonchev–Trinajstić information content (AvgIpc) is 3.41. The highest BCUT2D eigenvalue weighted by molar-refractivity contribution is 5.76. The fraction of sp³-hybridized carbons (Fsp3) is 0.955. The van der Waals surface area contributed by atoms with E-state index in [1.807, 2.05) is 6.08 Å². The first kappa shape index (κ1) is 71.9. The molecule has 0 aromatic rings. The molecular weight excluding hydrogens is 935 g/mol. The molecule has 1 fully saturated rings. The minimum atomic E-state index is -1.56. The van der Waals surface area contributed by atoms with Gasteiger partial charge in [-0.25, -0.2) is 0 Å². The molecule has 7 unspecified atom stereocenters. The monoisotopic (exact) mass is 1060 g/mol. The largest absolute Gasteiger partial charge is 0.394 e. The van der Waals surface area contributed by atoms with Crippen LogP contribution in [-0.4, -0.2) is 87.5 Å². The molecule has 0 bridgehead atoms. The van der Waals surface area contributed by atoms with Gasteiger partial charge in [0.15, 0.2) is 6.29 Å². The van der Waals surface area contributed by atoms with Crippen molar-refractivity contribution in [1.82, 2.24) is 5.32 Å².